The van der Waals surface area contributed by atoms with Gasteiger partial charge < -0.3 is 35.7 Å². The van der Waals surface area contributed by atoms with E-state index in [1.807, 2.05) is 31.2 Å². The van der Waals surface area contributed by atoms with Gasteiger partial charge in [-0.2, -0.15) is 4.98 Å². The number of nitrogen functional groups attached to an aromatic ring is 2. The molecule has 0 bridgehead atoms. The van der Waals surface area contributed by atoms with Crippen LogP contribution in [0.15, 0.2) is 41.0 Å². The molecule has 1 unspecified atom stereocenters. The number of nitrogens with zero attached hydrogens (tertiary/aromatic N) is 4. The molecule has 10 nitrogen and oxygen atoms in total. The van der Waals surface area contributed by atoms with Gasteiger partial charge >= 0.3 is 0 Å². The average molecular weight is 527 g/mol. The largest absolute Gasteiger partial charge is 0.488 e. The number of rotatable bonds is 3. The summed E-state index contributed by atoms with van der Waals surface area (Å²) >= 11 is 3.39. The minimum atomic E-state index is -1.45. The smallest absolute Gasteiger partial charge is 0.222 e. The van der Waals surface area contributed by atoms with Crippen LogP contribution in [-0.4, -0.2) is 53.6 Å². The Hall–Kier alpha value is -2.99. The maximum atomic E-state index is 11.4. The summed E-state index contributed by atoms with van der Waals surface area (Å²) in [6.07, 6.45) is -0.586. The summed E-state index contributed by atoms with van der Waals surface area (Å²) in [5, 5.41) is 24.2. The zero-order valence-corrected chi connectivity index (χ0v) is 19.8. The molecule has 2 fully saturated rings. The quantitative estimate of drug-likeness (QED) is 0.315. The molecular formula is C23H23BrN6O4. The van der Waals surface area contributed by atoms with Gasteiger partial charge in [-0.1, -0.05) is 0 Å². The van der Waals surface area contributed by atoms with E-state index >= 15 is 0 Å². The van der Waals surface area contributed by atoms with Crippen molar-refractivity contribution in [2.75, 3.05) is 11.5 Å². The second-order valence-electron chi connectivity index (χ2n) is 8.92. The fourth-order valence-corrected chi connectivity index (χ4v) is 5.45. The van der Waals surface area contributed by atoms with E-state index in [1.54, 1.807) is 16.8 Å². The van der Waals surface area contributed by atoms with E-state index in [1.165, 1.54) is 0 Å². The Kier molecular flexibility index (Phi) is 4.75. The minimum absolute atomic E-state index is 0.134. The van der Waals surface area contributed by atoms with Gasteiger partial charge in [0.25, 0.3) is 0 Å². The van der Waals surface area contributed by atoms with Crippen LogP contribution in [-0.2, 0) is 4.74 Å². The number of aliphatic hydroxyl groups is 2. The van der Waals surface area contributed by atoms with Crippen molar-refractivity contribution in [1.82, 2.24) is 19.5 Å². The van der Waals surface area contributed by atoms with Crippen LogP contribution in [0.3, 0.4) is 0 Å². The number of hydrogen-bond acceptors (Lipinski definition) is 9. The summed E-state index contributed by atoms with van der Waals surface area (Å²) < 4.78 is 14.9. The number of aryl methyl sites for hydroxylation is 1. The summed E-state index contributed by atoms with van der Waals surface area (Å²) in [4.78, 5) is 12.9. The lowest BCUT2D eigenvalue weighted by molar-refractivity contribution is -0.0791. The number of nitrogens with two attached hydrogens (primary N) is 2. The molecule has 6 rings (SSSR count). The highest BCUT2D eigenvalue weighted by Crippen LogP contribution is 2.48. The van der Waals surface area contributed by atoms with E-state index < -0.39 is 30.1 Å². The van der Waals surface area contributed by atoms with E-state index in [0.29, 0.717) is 35.6 Å². The van der Waals surface area contributed by atoms with Gasteiger partial charge in [0.15, 0.2) is 6.23 Å². The zero-order chi connectivity index (χ0) is 23.8. The van der Waals surface area contributed by atoms with Crippen LogP contribution in [0.2, 0.25) is 0 Å². The third kappa shape index (κ3) is 3.15. The van der Waals surface area contributed by atoms with Crippen molar-refractivity contribution in [2.45, 2.75) is 49.9 Å². The molecule has 0 amide bonds. The first kappa shape index (κ1) is 21.5. The summed E-state index contributed by atoms with van der Waals surface area (Å²) in [6.45, 7) is 1.84. The maximum Gasteiger partial charge on any atom is 0.222 e. The lowest BCUT2D eigenvalue weighted by atomic mass is 9.94. The number of ether oxygens (including phenoxy) is 2. The number of aliphatic hydroxyl groups excluding tert-OH is 1. The number of fused-ring (bicyclic) bond motifs is 3. The number of hydrogen-bond donors (Lipinski definition) is 4. The highest BCUT2D eigenvalue weighted by Gasteiger charge is 2.62. The predicted molar refractivity (Wildman–Crippen MR) is 129 cm³/mol. The van der Waals surface area contributed by atoms with Crippen molar-refractivity contribution in [3.05, 3.63) is 46.7 Å². The fraction of sp³-hybridized carbons (Fsp3) is 0.348. The van der Waals surface area contributed by atoms with Crippen LogP contribution in [0.4, 0.5) is 11.8 Å². The van der Waals surface area contributed by atoms with Gasteiger partial charge in [-0.15, -0.1) is 0 Å². The zero-order valence-electron chi connectivity index (χ0n) is 18.2. The highest BCUT2D eigenvalue weighted by atomic mass is 79.9. The van der Waals surface area contributed by atoms with Crippen molar-refractivity contribution < 1.29 is 19.7 Å². The second kappa shape index (κ2) is 7.51. The van der Waals surface area contributed by atoms with E-state index in [2.05, 4.69) is 30.9 Å². The first-order chi connectivity index (χ1) is 16.2. The lowest BCUT2D eigenvalue weighted by Crippen LogP contribution is -2.47. The number of pyridine rings is 1. The van der Waals surface area contributed by atoms with Crippen LogP contribution in [0, 0.1) is 6.92 Å². The average Bonchev–Trinajstić information content (AvgIpc) is 3.42. The van der Waals surface area contributed by atoms with Gasteiger partial charge in [0, 0.05) is 23.0 Å². The van der Waals surface area contributed by atoms with Crippen molar-refractivity contribution in [3.63, 3.8) is 0 Å². The molecule has 176 valence electrons. The van der Waals surface area contributed by atoms with E-state index in [9.17, 15) is 10.2 Å². The van der Waals surface area contributed by atoms with Crippen molar-refractivity contribution >= 4 is 49.6 Å². The van der Waals surface area contributed by atoms with Crippen LogP contribution >= 0.6 is 15.9 Å². The fourth-order valence-electron chi connectivity index (χ4n) is 5.12. The SMILES string of the molecule is Cc1nc(N)nc2c1ccn2[C@@H]1O[C@@H]2[C@@H](Oc3ccc4cc(Br)c(N)nc4c3)CC[C@]2(O)C1O. The Labute approximate surface area is 202 Å². The maximum absolute atomic E-state index is 11.4. The molecule has 1 saturated carbocycles. The molecule has 2 aliphatic rings. The van der Waals surface area contributed by atoms with Crippen LogP contribution in [0.25, 0.3) is 21.9 Å². The Morgan fingerprint density at radius 2 is 2.03 bits per heavy atom. The minimum Gasteiger partial charge on any atom is -0.488 e. The first-order valence-electron chi connectivity index (χ1n) is 10.9. The number of anilines is 2. The van der Waals surface area contributed by atoms with E-state index in [0.717, 1.165) is 20.9 Å². The molecule has 34 heavy (non-hydrogen) atoms. The molecule has 0 spiro atoms. The second-order valence-corrected chi connectivity index (χ2v) is 9.77. The third-order valence-electron chi connectivity index (χ3n) is 6.84. The van der Waals surface area contributed by atoms with Gasteiger partial charge in [-0.05, 0) is 60.0 Å². The van der Waals surface area contributed by atoms with Crippen LogP contribution in [0.5, 0.6) is 5.75 Å². The summed E-state index contributed by atoms with van der Waals surface area (Å²) in [5.74, 6) is 1.11. The van der Waals surface area contributed by atoms with Crippen molar-refractivity contribution in [2.24, 2.45) is 0 Å². The Balaban J connectivity index is 1.30. The number of halogens is 1. The molecule has 1 aromatic carbocycles. The Morgan fingerprint density at radius 3 is 2.85 bits per heavy atom. The number of benzene rings is 1. The van der Waals surface area contributed by atoms with Gasteiger partial charge in [0.2, 0.25) is 5.95 Å². The molecule has 1 aliphatic carbocycles. The Bertz CT molecular complexity index is 1440. The van der Waals surface area contributed by atoms with E-state index in [-0.39, 0.29) is 5.95 Å². The van der Waals surface area contributed by atoms with Gasteiger partial charge in [0.05, 0.1) is 15.7 Å². The van der Waals surface area contributed by atoms with Crippen LogP contribution in [0.1, 0.15) is 24.8 Å². The van der Waals surface area contributed by atoms with Gasteiger partial charge in [0.1, 0.15) is 41.1 Å². The molecule has 1 saturated heterocycles. The summed E-state index contributed by atoms with van der Waals surface area (Å²) in [7, 11) is 0. The monoisotopic (exact) mass is 526 g/mol. The third-order valence-corrected chi connectivity index (χ3v) is 7.47. The van der Waals surface area contributed by atoms with Gasteiger partial charge in [-0.25, -0.2) is 9.97 Å². The molecule has 6 N–H and O–H groups in total. The molecule has 0 radical (unpaired) electrons. The molecular weight excluding hydrogens is 504 g/mol. The number of aromatic nitrogens is 4. The molecule has 1 aliphatic heterocycles. The first-order valence-corrected chi connectivity index (χ1v) is 11.7. The standard InChI is InChI=1S/C23H23BrN6O4/c1-10-13-5-7-30(20(13)29-22(26)27-10)21-17(31)23(32)6-4-16(18(23)34-21)33-12-3-2-11-8-14(24)19(25)28-15(11)9-12/h2-3,5,7-9,16-18,21,31-32H,4,6H2,1H3,(H2,25,28)(H2,26,27,29)/t16-,17?,18+,21+,23-/m0/s1. The molecule has 4 heterocycles. The normalized spacial score (nSPS) is 28.6. The molecule has 11 heteroatoms. The molecule has 4 aromatic rings. The summed E-state index contributed by atoms with van der Waals surface area (Å²) in [5.41, 5.74) is 12.3. The van der Waals surface area contributed by atoms with Crippen molar-refractivity contribution in [3.8, 4) is 5.75 Å². The van der Waals surface area contributed by atoms with E-state index in [4.69, 9.17) is 20.9 Å². The van der Waals surface area contributed by atoms with Gasteiger partial charge in [-0.3, -0.25) is 0 Å². The lowest BCUT2D eigenvalue weighted by Gasteiger charge is -2.26. The summed E-state index contributed by atoms with van der Waals surface area (Å²) in [6, 6.07) is 9.29. The molecule has 3 aromatic heterocycles. The van der Waals surface area contributed by atoms with Crippen LogP contribution < -0.4 is 16.2 Å². The topological polar surface area (TPSA) is 155 Å². The van der Waals surface area contributed by atoms with Crippen molar-refractivity contribution in [1.29, 1.82) is 0 Å². The predicted octanol–water partition coefficient (Wildman–Crippen LogP) is 2.45. The highest BCUT2D eigenvalue weighted by molar-refractivity contribution is 9.10. The molecule has 5 atom stereocenters. The Morgan fingerprint density at radius 1 is 1.21 bits per heavy atom.